The average molecular weight is 410 g/mol. The molecule has 1 aromatic rings. The first kappa shape index (κ1) is 15.9. The van der Waals surface area contributed by atoms with Crippen LogP contribution in [-0.2, 0) is 0 Å². The van der Waals surface area contributed by atoms with Gasteiger partial charge in [0.2, 0.25) is 0 Å². The second kappa shape index (κ2) is 6.95. The second-order valence-electron chi connectivity index (χ2n) is 4.91. The predicted octanol–water partition coefficient (Wildman–Crippen LogP) is 2.80. The lowest BCUT2D eigenvalue weighted by Crippen LogP contribution is -2.41. The zero-order valence-corrected chi connectivity index (χ0v) is 14.1. The first-order valence-corrected chi connectivity index (χ1v) is 7.95. The number of ether oxygens (including phenoxy) is 1. The molecule has 110 valence electrons. The molecule has 1 aliphatic rings. The molecule has 2 rings (SSSR count). The van der Waals surface area contributed by atoms with E-state index in [1.165, 1.54) is 0 Å². The molecule has 1 aromatic carbocycles. The SMILES string of the molecule is COc1cc(I)c(Cl)cc1C(=O)N1CCCC(CO)C1. The standard InChI is InChI=1S/C14H17ClINO3/c1-20-13-6-12(16)11(15)5-10(13)14(19)17-4-2-3-9(7-17)8-18/h5-6,9,18H,2-4,7-8H2,1H3. The molecule has 1 atom stereocenters. The van der Waals surface area contributed by atoms with Crippen molar-refractivity contribution in [2.75, 3.05) is 26.8 Å². The molecule has 1 heterocycles. The quantitative estimate of drug-likeness (QED) is 0.781. The molecule has 1 N–H and O–H groups in total. The van der Waals surface area contributed by atoms with Crippen molar-refractivity contribution in [2.45, 2.75) is 12.8 Å². The third kappa shape index (κ3) is 3.38. The summed E-state index contributed by atoms with van der Waals surface area (Å²) in [5.41, 5.74) is 0.483. The van der Waals surface area contributed by atoms with Crippen molar-refractivity contribution in [1.82, 2.24) is 4.90 Å². The van der Waals surface area contributed by atoms with Gasteiger partial charge in [0.1, 0.15) is 5.75 Å². The molecule has 0 radical (unpaired) electrons. The molecule has 1 amide bonds. The van der Waals surface area contributed by atoms with Crippen molar-refractivity contribution in [3.63, 3.8) is 0 Å². The number of halogens is 2. The van der Waals surface area contributed by atoms with Crippen LogP contribution in [0.1, 0.15) is 23.2 Å². The summed E-state index contributed by atoms with van der Waals surface area (Å²) in [6, 6.07) is 3.43. The van der Waals surface area contributed by atoms with Crippen LogP contribution in [0.15, 0.2) is 12.1 Å². The maximum Gasteiger partial charge on any atom is 0.257 e. The number of aliphatic hydroxyl groups is 1. The van der Waals surface area contributed by atoms with Crippen LogP contribution in [0.5, 0.6) is 5.75 Å². The Morgan fingerprint density at radius 1 is 1.60 bits per heavy atom. The third-order valence-corrected chi connectivity index (χ3v) is 5.06. The van der Waals surface area contributed by atoms with Crippen molar-refractivity contribution >= 4 is 40.1 Å². The van der Waals surface area contributed by atoms with Crippen LogP contribution in [0.25, 0.3) is 0 Å². The molecule has 0 bridgehead atoms. The fraction of sp³-hybridized carbons (Fsp3) is 0.500. The highest BCUT2D eigenvalue weighted by Crippen LogP contribution is 2.30. The van der Waals surface area contributed by atoms with Crippen LogP contribution in [-0.4, -0.2) is 42.7 Å². The maximum absolute atomic E-state index is 12.6. The zero-order valence-electron chi connectivity index (χ0n) is 11.2. The largest absolute Gasteiger partial charge is 0.496 e. The normalized spacial score (nSPS) is 19.0. The monoisotopic (exact) mass is 409 g/mol. The molecule has 1 saturated heterocycles. The minimum atomic E-state index is -0.0849. The Kier molecular flexibility index (Phi) is 5.51. The van der Waals surface area contributed by atoms with Gasteiger partial charge in [0.05, 0.1) is 17.7 Å². The Bertz CT molecular complexity index is 509. The number of amides is 1. The van der Waals surface area contributed by atoms with Crippen molar-refractivity contribution in [1.29, 1.82) is 0 Å². The van der Waals surface area contributed by atoms with E-state index >= 15 is 0 Å². The zero-order chi connectivity index (χ0) is 14.7. The number of likely N-dealkylation sites (tertiary alicyclic amines) is 1. The molecule has 0 aliphatic carbocycles. The van der Waals surface area contributed by atoms with Gasteiger partial charge in [0.25, 0.3) is 5.91 Å². The fourth-order valence-electron chi connectivity index (χ4n) is 2.43. The molecule has 1 aliphatic heterocycles. The first-order chi connectivity index (χ1) is 9.56. The van der Waals surface area contributed by atoms with Crippen molar-refractivity contribution in [3.8, 4) is 5.75 Å². The van der Waals surface area contributed by atoms with Crippen molar-refractivity contribution < 1.29 is 14.6 Å². The van der Waals surface area contributed by atoms with E-state index in [0.29, 0.717) is 29.4 Å². The van der Waals surface area contributed by atoms with Crippen molar-refractivity contribution in [2.24, 2.45) is 5.92 Å². The van der Waals surface area contributed by atoms with Crippen LogP contribution in [0.4, 0.5) is 0 Å². The van der Waals surface area contributed by atoms with Gasteiger partial charge in [0, 0.05) is 23.3 Å². The van der Waals surface area contributed by atoms with Gasteiger partial charge < -0.3 is 14.7 Å². The van der Waals surface area contributed by atoms with E-state index in [1.54, 1.807) is 24.1 Å². The Morgan fingerprint density at radius 3 is 3.00 bits per heavy atom. The van der Waals surface area contributed by atoms with Crippen LogP contribution in [0.2, 0.25) is 5.02 Å². The molecule has 6 heteroatoms. The van der Waals surface area contributed by atoms with Gasteiger partial charge in [-0.3, -0.25) is 4.79 Å². The lowest BCUT2D eigenvalue weighted by atomic mass is 9.98. The van der Waals surface area contributed by atoms with E-state index in [-0.39, 0.29) is 18.4 Å². The van der Waals surface area contributed by atoms with E-state index in [4.69, 9.17) is 16.3 Å². The highest BCUT2D eigenvalue weighted by Gasteiger charge is 2.26. The summed E-state index contributed by atoms with van der Waals surface area (Å²) < 4.78 is 6.14. The van der Waals surface area contributed by atoms with E-state index in [1.807, 2.05) is 0 Å². The summed E-state index contributed by atoms with van der Waals surface area (Å²) in [6.07, 6.45) is 1.88. The van der Waals surface area contributed by atoms with Gasteiger partial charge in [0.15, 0.2) is 0 Å². The molecule has 4 nitrogen and oxygen atoms in total. The van der Waals surface area contributed by atoms with Gasteiger partial charge in [-0.1, -0.05) is 11.6 Å². The van der Waals surface area contributed by atoms with Gasteiger partial charge in [-0.25, -0.2) is 0 Å². The van der Waals surface area contributed by atoms with E-state index in [0.717, 1.165) is 16.4 Å². The molecule has 1 unspecified atom stereocenters. The lowest BCUT2D eigenvalue weighted by molar-refractivity contribution is 0.0617. The van der Waals surface area contributed by atoms with Gasteiger partial charge in [-0.15, -0.1) is 0 Å². The molecular weight excluding hydrogens is 393 g/mol. The van der Waals surface area contributed by atoms with Crippen LogP contribution in [0, 0.1) is 9.49 Å². The Balaban J connectivity index is 2.26. The summed E-state index contributed by atoms with van der Waals surface area (Å²) in [4.78, 5) is 14.4. The Labute approximate surface area is 137 Å². The number of methoxy groups -OCH3 is 1. The number of aliphatic hydroxyl groups excluding tert-OH is 1. The van der Waals surface area contributed by atoms with Gasteiger partial charge in [-0.2, -0.15) is 0 Å². The number of hydrogen-bond acceptors (Lipinski definition) is 3. The predicted molar refractivity (Wildman–Crippen MR) is 86.4 cm³/mol. The third-order valence-electron chi connectivity index (χ3n) is 3.54. The molecule has 1 fully saturated rings. The minimum Gasteiger partial charge on any atom is -0.496 e. The number of hydrogen-bond donors (Lipinski definition) is 1. The highest BCUT2D eigenvalue weighted by atomic mass is 127. The topological polar surface area (TPSA) is 49.8 Å². The Morgan fingerprint density at radius 2 is 2.35 bits per heavy atom. The highest BCUT2D eigenvalue weighted by molar-refractivity contribution is 14.1. The summed E-state index contributed by atoms with van der Waals surface area (Å²) in [6.45, 7) is 1.42. The molecule has 0 aromatic heterocycles. The van der Waals surface area contributed by atoms with E-state index in [9.17, 15) is 9.90 Å². The lowest BCUT2D eigenvalue weighted by Gasteiger charge is -2.32. The molecule has 0 spiro atoms. The number of rotatable bonds is 3. The molecule has 0 saturated carbocycles. The second-order valence-corrected chi connectivity index (χ2v) is 6.48. The van der Waals surface area contributed by atoms with E-state index < -0.39 is 0 Å². The number of benzene rings is 1. The van der Waals surface area contributed by atoms with Crippen LogP contribution in [0.3, 0.4) is 0 Å². The summed E-state index contributed by atoms with van der Waals surface area (Å²) in [5, 5.41) is 9.80. The molecule has 20 heavy (non-hydrogen) atoms. The summed E-state index contributed by atoms with van der Waals surface area (Å²) >= 11 is 8.22. The number of piperidine rings is 1. The summed E-state index contributed by atoms with van der Waals surface area (Å²) in [5.74, 6) is 0.617. The van der Waals surface area contributed by atoms with Crippen LogP contribution < -0.4 is 4.74 Å². The number of nitrogens with zero attached hydrogens (tertiary/aromatic N) is 1. The minimum absolute atomic E-state index is 0.0849. The van der Waals surface area contributed by atoms with Gasteiger partial charge in [-0.05, 0) is 53.5 Å². The first-order valence-electron chi connectivity index (χ1n) is 6.50. The van der Waals surface area contributed by atoms with E-state index in [2.05, 4.69) is 22.6 Å². The molecular formula is C14H17ClINO3. The van der Waals surface area contributed by atoms with Crippen molar-refractivity contribution in [3.05, 3.63) is 26.3 Å². The van der Waals surface area contributed by atoms with Gasteiger partial charge >= 0.3 is 0 Å². The maximum atomic E-state index is 12.6. The smallest absolute Gasteiger partial charge is 0.257 e. The van der Waals surface area contributed by atoms with Crippen LogP contribution >= 0.6 is 34.2 Å². The number of carbonyl (C=O) groups excluding carboxylic acids is 1. The fourth-order valence-corrected chi connectivity index (χ4v) is 3.04. The number of carbonyl (C=O) groups is 1. The Hall–Kier alpha value is -0.530. The average Bonchev–Trinajstić information content (AvgIpc) is 2.48. The summed E-state index contributed by atoms with van der Waals surface area (Å²) in [7, 11) is 1.54.